The summed E-state index contributed by atoms with van der Waals surface area (Å²) < 4.78 is 29.3. The highest BCUT2D eigenvalue weighted by Crippen LogP contribution is 2.37. The average molecular weight is 332 g/mol. The molecule has 0 unspecified atom stereocenters. The van der Waals surface area contributed by atoms with E-state index in [1.807, 2.05) is 16.3 Å². The Morgan fingerprint density at radius 1 is 1.38 bits per heavy atom. The highest BCUT2D eigenvalue weighted by molar-refractivity contribution is 7.98. The van der Waals surface area contributed by atoms with Gasteiger partial charge in [-0.25, -0.2) is 13.1 Å². The molecule has 0 aromatic carbocycles. The molecule has 1 aromatic heterocycles. The van der Waals surface area contributed by atoms with Crippen LogP contribution in [0.4, 0.5) is 0 Å². The number of nitrogens with two attached hydrogens (primary N) is 1. The molecule has 3 N–H and O–H groups in total. The van der Waals surface area contributed by atoms with Gasteiger partial charge < -0.3 is 10.3 Å². The van der Waals surface area contributed by atoms with Crippen LogP contribution in [0.15, 0.2) is 17.2 Å². The Morgan fingerprint density at radius 2 is 2.14 bits per heavy atom. The van der Waals surface area contributed by atoms with Crippen molar-refractivity contribution in [1.29, 1.82) is 0 Å². The number of nitrogens with one attached hydrogen (secondary N) is 1. The summed E-state index contributed by atoms with van der Waals surface area (Å²) in [7, 11) is -3.40. The van der Waals surface area contributed by atoms with Gasteiger partial charge in [0.2, 0.25) is 10.0 Å². The topological polar surface area (TPSA) is 77.1 Å². The van der Waals surface area contributed by atoms with Crippen molar-refractivity contribution in [3.8, 4) is 0 Å². The van der Waals surface area contributed by atoms with E-state index >= 15 is 0 Å². The molecule has 1 aliphatic rings. The smallest absolute Gasteiger partial charge is 0.242 e. The van der Waals surface area contributed by atoms with Gasteiger partial charge in [-0.2, -0.15) is 11.8 Å². The summed E-state index contributed by atoms with van der Waals surface area (Å²) >= 11 is 1.82. The lowest BCUT2D eigenvalue weighted by atomic mass is 10.2. The molecule has 1 heterocycles. The van der Waals surface area contributed by atoms with Crippen LogP contribution in [0.2, 0.25) is 0 Å². The average Bonchev–Trinajstić information content (AvgIpc) is 3.21. The Morgan fingerprint density at radius 3 is 2.76 bits per heavy atom. The summed E-state index contributed by atoms with van der Waals surface area (Å²) in [5, 5.41) is 0. The lowest BCUT2D eigenvalue weighted by molar-refractivity contribution is 0.575. The predicted molar refractivity (Wildman–Crippen MR) is 88.0 cm³/mol. The highest BCUT2D eigenvalue weighted by Gasteiger charge is 2.27. The second-order valence-corrected chi connectivity index (χ2v) is 8.21. The van der Waals surface area contributed by atoms with Crippen LogP contribution in [-0.2, 0) is 16.6 Å². The van der Waals surface area contributed by atoms with E-state index in [1.54, 1.807) is 12.3 Å². The molecular weight excluding hydrogens is 306 g/mol. The van der Waals surface area contributed by atoms with Crippen molar-refractivity contribution >= 4 is 21.8 Å². The van der Waals surface area contributed by atoms with Crippen LogP contribution in [0.1, 0.15) is 43.8 Å². The van der Waals surface area contributed by atoms with E-state index in [0.29, 0.717) is 24.0 Å². The first-order valence-corrected chi connectivity index (χ1v) is 10.4. The zero-order chi connectivity index (χ0) is 15.3. The van der Waals surface area contributed by atoms with Gasteiger partial charge in [0.25, 0.3) is 0 Å². The van der Waals surface area contributed by atoms with Crippen molar-refractivity contribution in [3.05, 3.63) is 18.0 Å². The molecule has 1 fully saturated rings. The number of nitrogens with zero attached hydrogens (tertiary/aromatic N) is 1. The molecule has 21 heavy (non-hydrogen) atoms. The van der Waals surface area contributed by atoms with Gasteiger partial charge in [-0.15, -0.1) is 0 Å². The van der Waals surface area contributed by atoms with Gasteiger partial charge in [0.15, 0.2) is 0 Å². The quantitative estimate of drug-likeness (QED) is 0.644. The van der Waals surface area contributed by atoms with E-state index in [9.17, 15) is 8.42 Å². The first-order valence-electron chi connectivity index (χ1n) is 7.48. The van der Waals surface area contributed by atoms with Gasteiger partial charge in [-0.3, -0.25) is 0 Å². The molecule has 120 valence electrons. The summed E-state index contributed by atoms with van der Waals surface area (Å²) in [5.74, 6) is 1.14. The minimum atomic E-state index is -3.40. The maximum absolute atomic E-state index is 12.3. The summed E-state index contributed by atoms with van der Waals surface area (Å²) in [5.41, 5.74) is 6.60. The maximum atomic E-state index is 12.3. The number of rotatable bonds is 10. The first kappa shape index (κ1) is 16.9. The van der Waals surface area contributed by atoms with Crippen LogP contribution in [0.25, 0.3) is 0 Å². The fourth-order valence-electron chi connectivity index (χ4n) is 2.34. The molecule has 7 heteroatoms. The Hall–Kier alpha value is -0.500. The zero-order valence-electron chi connectivity index (χ0n) is 12.5. The van der Waals surface area contributed by atoms with Gasteiger partial charge in [-0.05, 0) is 43.8 Å². The summed E-state index contributed by atoms with van der Waals surface area (Å²) in [4.78, 5) is 0.346. The first-order chi connectivity index (χ1) is 10.1. The lowest BCUT2D eigenvalue weighted by Gasteiger charge is -2.05. The van der Waals surface area contributed by atoms with Gasteiger partial charge in [0.1, 0.15) is 0 Å². The molecular formula is C14H25N3O2S2. The van der Waals surface area contributed by atoms with E-state index in [1.165, 1.54) is 0 Å². The number of sulfonamides is 1. The summed E-state index contributed by atoms with van der Waals surface area (Å²) in [6.07, 6.45) is 9.12. The molecule has 0 saturated heterocycles. The number of thioether (sulfide) groups is 1. The van der Waals surface area contributed by atoms with Gasteiger partial charge >= 0.3 is 0 Å². The van der Waals surface area contributed by atoms with E-state index in [0.717, 1.165) is 43.6 Å². The SMILES string of the molecule is CSCCCCCNS(=O)(=O)c1cc(CN)n(C2CC2)c1. The van der Waals surface area contributed by atoms with Crippen LogP contribution in [-0.4, -0.2) is 31.5 Å². The third kappa shape index (κ3) is 4.74. The molecule has 0 radical (unpaired) electrons. The van der Waals surface area contributed by atoms with E-state index in [4.69, 9.17) is 5.73 Å². The van der Waals surface area contributed by atoms with Crippen LogP contribution in [0.5, 0.6) is 0 Å². The minimum absolute atomic E-state index is 0.346. The van der Waals surface area contributed by atoms with Gasteiger partial charge in [0, 0.05) is 31.0 Å². The van der Waals surface area contributed by atoms with E-state index in [-0.39, 0.29) is 0 Å². The number of hydrogen-bond acceptors (Lipinski definition) is 4. The monoisotopic (exact) mass is 331 g/mol. The van der Waals surface area contributed by atoms with Crippen molar-refractivity contribution in [1.82, 2.24) is 9.29 Å². The molecule has 1 saturated carbocycles. The molecule has 0 atom stereocenters. The minimum Gasteiger partial charge on any atom is -0.346 e. The number of aromatic nitrogens is 1. The Balaban J connectivity index is 1.90. The predicted octanol–water partition coefficient (Wildman–Crippen LogP) is 2.09. The number of unbranched alkanes of at least 4 members (excludes halogenated alkanes) is 2. The van der Waals surface area contributed by atoms with Crippen molar-refractivity contribution in [2.24, 2.45) is 5.73 Å². The van der Waals surface area contributed by atoms with Crippen LogP contribution >= 0.6 is 11.8 Å². The molecule has 0 amide bonds. The molecule has 0 aliphatic heterocycles. The summed E-state index contributed by atoms with van der Waals surface area (Å²) in [6, 6.07) is 2.15. The van der Waals surface area contributed by atoms with Crippen molar-refractivity contribution in [2.45, 2.75) is 49.6 Å². The van der Waals surface area contributed by atoms with Crippen molar-refractivity contribution < 1.29 is 8.42 Å². The van der Waals surface area contributed by atoms with E-state index in [2.05, 4.69) is 11.0 Å². The normalized spacial score (nSPS) is 15.5. The second kappa shape index (κ2) is 7.67. The standard InChI is InChI=1S/C14H25N3O2S2/c1-20-8-4-2-3-7-16-21(18,19)14-9-13(10-15)17(11-14)12-5-6-12/h9,11-12,16H,2-8,10,15H2,1H3. The Bertz CT molecular complexity index is 551. The second-order valence-electron chi connectivity index (χ2n) is 5.46. The lowest BCUT2D eigenvalue weighted by Crippen LogP contribution is -2.24. The third-order valence-electron chi connectivity index (χ3n) is 3.68. The Labute approximate surface area is 131 Å². The molecule has 5 nitrogen and oxygen atoms in total. The van der Waals surface area contributed by atoms with Crippen LogP contribution in [0, 0.1) is 0 Å². The molecule has 2 rings (SSSR count). The van der Waals surface area contributed by atoms with Crippen molar-refractivity contribution in [3.63, 3.8) is 0 Å². The fraction of sp³-hybridized carbons (Fsp3) is 0.714. The molecule has 1 aliphatic carbocycles. The molecule has 0 spiro atoms. The zero-order valence-corrected chi connectivity index (χ0v) is 14.2. The largest absolute Gasteiger partial charge is 0.346 e. The van der Waals surface area contributed by atoms with Crippen LogP contribution < -0.4 is 10.5 Å². The fourth-order valence-corrected chi connectivity index (χ4v) is 3.95. The third-order valence-corrected chi connectivity index (χ3v) is 5.81. The van der Waals surface area contributed by atoms with Gasteiger partial charge in [-0.1, -0.05) is 6.42 Å². The van der Waals surface area contributed by atoms with E-state index < -0.39 is 10.0 Å². The van der Waals surface area contributed by atoms with Crippen LogP contribution in [0.3, 0.4) is 0 Å². The summed E-state index contributed by atoms with van der Waals surface area (Å²) in [6.45, 7) is 0.879. The molecule has 1 aromatic rings. The number of hydrogen-bond donors (Lipinski definition) is 2. The van der Waals surface area contributed by atoms with Crippen molar-refractivity contribution in [2.75, 3.05) is 18.6 Å². The highest BCUT2D eigenvalue weighted by atomic mass is 32.2. The molecule has 0 bridgehead atoms. The Kier molecular flexibility index (Phi) is 6.16. The van der Waals surface area contributed by atoms with Gasteiger partial charge in [0.05, 0.1) is 4.90 Å². The maximum Gasteiger partial charge on any atom is 0.242 e.